The Morgan fingerprint density at radius 2 is 0.482 bits per heavy atom. The third-order valence-corrected chi connectivity index (χ3v) is 63.0. The maximum Gasteiger partial charge on any atom is 0.0930 e. The topological polar surface area (TPSA) is 243 Å². The lowest BCUT2D eigenvalue weighted by Gasteiger charge is -2.25. The van der Waals surface area contributed by atoms with Crippen molar-refractivity contribution in [1.82, 2.24) is 0 Å². The molecule has 0 aliphatic rings. The molecule has 0 amide bonds. The zero-order chi connectivity index (χ0) is 89.4. The number of hydrogen-bond acceptors (Lipinski definition) is 12. The monoisotopic (exact) mass is 1900 g/mol. The van der Waals surface area contributed by atoms with Crippen LogP contribution in [0.5, 0.6) is 0 Å². The largest absolute Gasteiger partial charge is 0.396 e. The van der Waals surface area contributed by atoms with E-state index in [1.54, 1.807) is 0 Å². The fourth-order valence-corrected chi connectivity index (χ4v) is 39.1. The molecular weight excluding hydrogens is 1700 g/mol. The molecule has 112 heavy (non-hydrogen) atoms. The highest BCUT2D eigenvalue weighted by atomic mass is 35.5. The molecule has 0 atom stereocenters. The van der Waals surface area contributed by atoms with Crippen molar-refractivity contribution < 1.29 is 61.3 Å². The summed E-state index contributed by atoms with van der Waals surface area (Å²) in [6.07, 6.45) is 41.2. The van der Waals surface area contributed by atoms with E-state index in [-0.39, 0.29) is 52.9 Å². The molecule has 12 nitrogen and oxygen atoms in total. The summed E-state index contributed by atoms with van der Waals surface area (Å²) in [5, 5.41) is 107. The second kappa shape index (κ2) is 89.0. The van der Waals surface area contributed by atoms with E-state index in [1.807, 2.05) is 0 Å². The van der Waals surface area contributed by atoms with Crippen LogP contribution < -0.4 is 5.30 Å². The van der Waals surface area contributed by atoms with Crippen LogP contribution in [-0.4, -0.2) is 437 Å². The van der Waals surface area contributed by atoms with E-state index in [0.29, 0.717) is 26.4 Å². The fraction of sp³-hybridized carbons (Fsp3) is 0.929. The smallest absolute Gasteiger partial charge is 0.0930 e. The van der Waals surface area contributed by atoms with E-state index in [9.17, 15) is 0 Å². The number of hydrogen-bond donors (Lipinski definition) is 12. The van der Waals surface area contributed by atoms with E-state index < -0.39 is 79.9 Å². The van der Waals surface area contributed by atoms with Crippen molar-refractivity contribution in [2.24, 2.45) is 0 Å². The Morgan fingerprint density at radius 1 is 0.223 bits per heavy atom. The van der Waals surface area contributed by atoms with E-state index in [0.717, 1.165) is 135 Å². The van der Waals surface area contributed by atoms with Gasteiger partial charge in [-0.1, -0.05) is 32.0 Å². The van der Waals surface area contributed by atoms with Crippen molar-refractivity contribution >= 4 is 132 Å². The summed E-state index contributed by atoms with van der Waals surface area (Å²) < 4.78 is 0. The van der Waals surface area contributed by atoms with Gasteiger partial charge in [-0.2, -0.15) is 0 Å². The van der Waals surface area contributed by atoms with E-state index in [2.05, 4.69) is 213 Å². The second-order valence-electron chi connectivity index (χ2n) is 34.2. The molecule has 27 heteroatoms. The number of alkyl halides is 4. The van der Waals surface area contributed by atoms with Crippen LogP contribution in [0.4, 0.5) is 0 Å². The van der Waals surface area contributed by atoms with E-state index >= 15 is 0 Å². The minimum absolute atomic E-state index is 0.182. The Labute approximate surface area is 727 Å². The molecule has 12 N–H and O–H groups in total. The van der Waals surface area contributed by atoms with Gasteiger partial charge in [0.25, 0.3) is 0 Å². The molecule has 0 bridgehead atoms. The maximum atomic E-state index is 8.95. The molecule has 0 unspecified atom stereocenters. The highest BCUT2D eigenvalue weighted by molar-refractivity contribution is 7.81. The van der Waals surface area contributed by atoms with E-state index in [4.69, 9.17) is 108 Å². The average Bonchev–Trinajstić information content (AvgIpc) is 0.885. The highest BCUT2D eigenvalue weighted by Crippen LogP contribution is 2.61. The normalized spacial score (nSPS) is 12.0. The number of halogens is 4. The van der Waals surface area contributed by atoms with Crippen molar-refractivity contribution in [1.29, 1.82) is 0 Å². The predicted molar refractivity (Wildman–Crippen MR) is 560 cm³/mol. The van der Waals surface area contributed by atoms with Gasteiger partial charge in [-0.25, -0.2) is 0 Å². The second-order valence-corrected chi connectivity index (χ2v) is 88.7. The minimum atomic E-state index is -1.25. The number of aliphatic hydroxyl groups is 12. The third-order valence-electron chi connectivity index (χ3n) is 21.6. The SMILES string of the molecule is CCC[P+](C)(C)CCCCO.CCC[P+](CCO)(CCO)CCO.CC[P+](C)(CC)CC.CC[P+](CC)(CC)CCCCO.CC[P+](CC)(CC)CCO.CC[P+](CCO)(CCO)CCO.C[P+](C)(C)CCCCO.C[P+](C)(C)CCCl.C[P+](C)(C)c1ccccc1.C[P+](C)(CCO)CCO.C[P+](CCCl)(CCCl)CCCl. The summed E-state index contributed by atoms with van der Waals surface area (Å²) in [5.74, 6) is 3.07. The highest BCUT2D eigenvalue weighted by Gasteiger charge is 2.36. The van der Waals surface area contributed by atoms with Crippen molar-refractivity contribution in [3.63, 3.8) is 0 Å². The van der Waals surface area contributed by atoms with Crippen LogP contribution >= 0.6 is 126 Å². The van der Waals surface area contributed by atoms with Crippen LogP contribution in [0.25, 0.3) is 0 Å². The molecule has 0 radical (unpaired) electrons. The fourth-order valence-electron chi connectivity index (χ4n) is 11.8. The van der Waals surface area contributed by atoms with Gasteiger partial charge in [0.15, 0.2) is 0 Å². The first kappa shape index (κ1) is 137. The van der Waals surface area contributed by atoms with Gasteiger partial charge in [0.05, 0.1) is 281 Å². The van der Waals surface area contributed by atoms with Gasteiger partial charge >= 0.3 is 0 Å². The average molecular weight is 1900 g/mol. The van der Waals surface area contributed by atoms with Crippen LogP contribution in [0.2, 0.25) is 0 Å². The Bertz CT molecular complexity index is 1880. The maximum absolute atomic E-state index is 8.95. The quantitative estimate of drug-likeness (QED) is 0.0166. The summed E-state index contributed by atoms with van der Waals surface area (Å²) >= 11 is 22.6. The molecule has 0 fully saturated rings. The Balaban J connectivity index is -0.000000128. The Kier molecular flexibility index (Phi) is 109. The molecule has 0 heterocycles. The molecular formula is C85H202Cl4O12P11+11. The molecule has 0 aliphatic carbocycles. The van der Waals surface area contributed by atoms with Crippen molar-refractivity contribution in [2.75, 3.05) is 375 Å². The van der Waals surface area contributed by atoms with Crippen LogP contribution in [0, 0.1) is 0 Å². The van der Waals surface area contributed by atoms with Gasteiger partial charge < -0.3 is 61.3 Å². The summed E-state index contributed by atoms with van der Waals surface area (Å²) in [6, 6.07) is 10.7. The number of aliphatic hydroxyl groups excluding tert-OH is 12. The van der Waals surface area contributed by atoms with Crippen LogP contribution in [0.1, 0.15) is 134 Å². The predicted octanol–water partition coefficient (Wildman–Crippen LogP) is 20.0. The Morgan fingerprint density at radius 3 is 0.688 bits per heavy atom. The molecule has 0 spiro atoms. The molecule has 0 aliphatic heterocycles. The third kappa shape index (κ3) is 92.3. The van der Waals surface area contributed by atoms with Gasteiger partial charge in [-0.05, 0) is 133 Å². The zero-order valence-electron chi connectivity index (χ0n) is 79.0. The lowest BCUT2D eigenvalue weighted by molar-refractivity contribution is 0.287. The first-order valence-electron chi connectivity index (χ1n) is 43.0. The molecule has 1 aromatic rings. The summed E-state index contributed by atoms with van der Waals surface area (Å²) in [6.45, 7) is 65.2. The lowest BCUT2D eigenvalue weighted by Crippen LogP contribution is -2.17. The molecule has 686 valence electrons. The lowest BCUT2D eigenvalue weighted by atomic mass is 10.4. The van der Waals surface area contributed by atoms with Crippen LogP contribution in [0.15, 0.2) is 30.3 Å². The first-order valence-corrected chi connectivity index (χ1v) is 76.8. The molecule has 0 saturated heterocycles. The van der Waals surface area contributed by atoms with Gasteiger partial charge in [0.2, 0.25) is 0 Å². The van der Waals surface area contributed by atoms with Gasteiger partial charge in [-0.3, -0.25) is 0 Å². The standard InChI is InChI=1S/C10H24OP.C9H22O3P.C9H22OP.C9H14P.C8H20O3P.C8H20OP.C7H15Cl3P.C7H18OP.C7H18P.C6H16O2P.C5H13ClP/c1-4-12(5-2,6-3)10-8-7-9-11;1-2-6-13(7-3-10,8-4-11)9-5-12;1-4-8-11(2,3)9-6-5-7-10;1-10(2,3)9-7-5-4-6-8-9;1-2-12(6-3-9,7-4-10)8-5-11;1-4-10(5-2,6-3)8-7-9;1-11(5-2-8,6-3-9)7-4-10;1-9(2,3)7-5-4-6-8;1-5-8(4,6-2)7-3;1-9(2,5-3-7)6-4-8;1-7(2,3)5-4-6/h11H,4-10H2,1-3H3;10-12H,2-9H2,1H3;10H,4-9H2,1-3H3;4-8H,1-3H3;9-11H,2-8H2,1H3;9H,4-8H2,1-3H3;2-7H2,1H3;8H,4-7H2,1-3H3;5-7H2,1-4H3;7-8H,3-6H2,1-2H3;4-5H2,1-3H3/q11*+1. The van der Waals surface area contributed by atoms with Gasteiger partial charge in [0.1, 0.15) is 0 Å². The first-order chi connectivity index (χ1) is 52.3. The summed E-state index contributed by atoms with van der Waals surface area (Å²) in [7, 11) is -8.42. The molecule has 0 aromatic heterocycles. The number of rotatable bonds is 53. The van der Waals surface area contributed by atoms with E-state index in [1.165, 1.54) is 117 Å². The molecule has 1 aromatic carbocycles. The number of benzene rings is 1. The zero-order valence-corrected chi connectivity index (χ0v) is 91.8. The number of unbranched alkanes of at least 4 members (excludes halogenated alkanes) is 3. The van der Waals surface area contributed by atoms with Crippen molar-refractivity contribution in [3.8, 4) is 0 Å². The summed E-state index contributed by atoms with van der Waals surface area (Å²) in [4.78, 5) is 0. The summed E-state index contributed by atoms with van der Waals surface area (Å²) in [5.41, 5.74) is 0. The van der Waals surface area contributed by atoms with Crippen LogP contribution in [-0.2, 0) is 0 Å². The van der Waals surface area contributed by atoms with Crippen LogP contribution in [0.3, 0.4) is 0 Å². The van der Waals surface area contributed by atoms with Gasteiger partial charge in [-0.15, -0.1) is 46.4 Å². The van der Waals surface area contributed by atoms with Crippen molar-refractivity contribution in [3.05, 3.63) is 30.3 Å². The molecule has 1 rings (SSSR count). The van der Waals surface area contributed by atoms with Gasteiger partial charge in [0, 0.05) is 180 Å². The molecule has 0 saturated carbocycles. The minimum Gasteiger partial charge on any atom is -0.396 e. The van der Waals surface area contributed by atoms with Crippen molar-refractivity contribution in [2.45, 2.75) is 134 Å². The Hall–Kier alpha value is 4.63.